The summed E-state index contributed by atoms with van der Waals surface area (Å²) in [6.07, 6.45) is -1.97. The second kappa shape index (κ2) is 5.92. The Kier molecular flexibility index (Phi) is 4.26. The standard InChI is InChI=1S/C12H16F2N4O/c1-18(2)11-4-3-8-12(17-11)16-10(15-8)5-6-19-7-9(13)14/h3-4,9H,5-7H2,1-2H3,(H,15,16,17). The largest absolute Gasteiger partial charge is 0.375 e. The van der Waals surface area contributed by atoms with Crippen molar-refractivity contribution in [3.8, 4) is 0 Å². The Labute approximate surface area is 109 Å². The lowest BCUT2D eigenvalue weighted by molar-refractivity contribution is 0.0183. The first-order valence-electron chi connectivity index (χ1n) is 5.95. The monoisotopic (exact) mass is 270 g/mol. The van der Waals surface area contributed by atoms with Crippen LogP contribution >= 0.6 is 0 Å². The number of anilines is 1. The summed E-state index contributed by atoms with van der Waals surface area (Å²) >= 11 is 0. The molecule has 1 N–H and O–H groups in total. The molecule has 7 heteroatoms. The van der Waals surface area contributed by atoms with Crippen molar-refractivity contribution in [2.75, 3.05) is 32.2 Å². The molecule has 0 amide bonds. The van der Waals surface area contributed by atoms with Crippen LogP contribution < -0.4 is 4.90 Å². The Morgan fingerprint density at radius 3 is 2.79 bits per heavy atom. The molecule has 0 aliphatic heterocycles. The highest BCUT2D eigenvalue weighted by Crippen LogP contribution is 2.14. The Morgan fingerprint density at radius 1 is 1.32 bits per heavy atom. The molecule has 0 saturated carbocycles. The molecule has 0 spiro atoms. The van der Waals surface area contributed by atoms with Crippen molar-refractivity contribution in [2.24, 2.45) is 0 Å². The molecule has 19 heavy (non-hydrogen) atoms. The zero-order valence-electron chi connectivity index (χ0n) is 10.9. The molecular weight excluding hydrogens is 254 g/mol. The number of alkyl halides is 2. The highest BCUT2D eigenvalue weighted by atomic mass is 19.3. The molecule has 0 unspecified atom stereocenters. The molecular formula is C12H16F2N4O. The van der Waals surface area contributed by atoms with Crippen molar-refractivity contribution in [2.45, 2.75) is 12.8 Å². The molecule has 0 atom stereocenters. The van der Waals surface area contributed by atoms with E-state index >= 15 is 0 Å². The fraction of sp³-hybridized carbons (Fsp3) is 0.500. The molecule has 0 aliphatic carbocycles. The summed E-state index contributed by atoms with van der Waals surface area (Å²) < 4.78 is 28.6. The van der Waals surface area contributed by atoms with Gasteiger partial charge in [0.1, 0.15) is 18.2 Å². The Bertz CT molecular complexity index is 542. The van der Waals surface area contributed by atoms with Gasteiger partial charge in [-0.1, -0.05) is 0 Å². The Balaban J connectivity index is 2.01. The quantitative estimate of drug-likeness (QED) is 0.814. The number of pyridine rings is 1. The van der Waals surface area contributed by atoms with E-state index in [2.05, 4.69) is 15.0 Å². The van der Waals surface area contributed by atoms with Crippen LogP contribution in [0.3, 0.4) is 0 Å². The van der Waals surface area contributed by atoms with Crippen molar-refractivity contribution in [3.63, 3.8) is 0 Å². The van der Waals surface area contributed by atoms with E-state index in [1.54, 1.807) is 0 Å². The smallest absolute Gasteiger partial charge is 0.261 e. The Morgan fingerprint density at radius 2 is 2.11 bits per heavy atom. The lowest BCUT2D eigenvalue weighted by Gasteiger charge is -2.09. The van der Waals surface area contributed by atoms with Crippen LogP contribution in [0.25, 0.3) is 11.2 Å². The normalized spacial score (nSPS) is 11.4. The van der Waals surface area contributed by atoms with Gasteiger partial charge in [0.2, 0.25) is 0 Å². The van der Waals surface area contributed by atoms with Crippen LogP contribution in [-0.2, 0) is 11.2 Å². The van der Waals surface area contributed by atoms with Crippen LogP contribution in [0.4, 0.5) is 14.6 Å². The fourth-order valence-electron chi connectivity index (χ4n) is 1.64. The molecule has 2 aromatic rings. The predicted octanol–water partition coefficient (Wildman–Crippen LogP) is 1.85. The molecule has 0 fully saturated rings. The van der Waals surface area contributed by atoms with Gasteiger partial charge in [0.25, 0.3) is 6.43 Å². The van der Waals surface area contributed by atoms with Crippen LogP contribution in [0.1, 0.15) is 5.82 Å². The number of halogens is 2. The lowest BCUT2D eigenvalue weighted by atomic mass is 10.4. The number of ether oxygens (including phenoxy) is 1. The summed E-state index contributed by atoms with van der Waals surface area (Å²) in [5, 5.41) is 0. The van der Waals surface area contributed by atoms with Crippen molar-refractivity contribution in [1.82, 2.24) is 15.0 Å². The van der Waals surface area contributed by atoms with Gasteiger partial charge in [-0.15, -0.1) is 0 Å². The van der Waals surface area contributed by atoms with Crippen LogP contribution in [0.5, 0.6) is 0 Å². The van der Waals surface area contributed by atoms with Crippen LogP contribution in [0.15, 0.2) is 12.1 Å². The number of fused-ring (bicyclic) bond motifs is 1. The number of H-pyrrole nitrogens is 1. The molecule has 5 nitrogen and oxygen atoms in total. The fourth-order valence-corrected chi connectivity index (χ4v) is 1.64. The molecule has 0 aromatic carbocycles. The number of nitrogens with zero attached hydrogens (tertiary/aromatic N) is 3. The molecule has 104 valence electrons. The molecule has 0 bridgehead atoms. The van der Waals surface area contributed by atoms with Crippen LogP contribution in [-0.4, -0.2) is 48.7 Å². The minimum Gasteiger partial charge on any atom is -0.375 e. The summed E-state index contributed by atoms with van der Waals surface area (Å²) in [5.74, 6) is 1.51. The van der Waals surface area contributed by atoms with Gasteiger partial charge in [0.05, 0.1) is 12.1 Å². The summed E-state index contributed by atoms with van der Waals surface area (Å²) in [6.45, 7) is -0.325. The average Bonchev–Trinajstić information content (AvgIpc) is 2.75. The number of rotatable bonds is 6. The number of imidazole rings is 1. The number of nitrogens with one attached hydrogen (secondary N) is 1. The second-order valence-corrected chi connectivity index (χ2v) is 4.33. The Hall–Kier alpha value is -1.76. The van der Waals surface area contributed by atoms with Gasteiger partial charge < -0.3 is 14.6 Å². The predicted molar refractivity (Wildman–Crippen MR) is 68.7 cm³/mol. The summed E-state index contributed by atoms with van der Waals surface area (Å²) in [7, 11) is 3.81. The average molecular weight is 270 g/mol. The van der Waals surface area contributed by atoms with E-state index < -0.39 is 13.0 Å². The van der Waals surface area contributed by atoms with E-state index in [-0.39, 0.29) is 6.61 Å². The maximum Gasteiger partial charge on any atom is 0.261 e. The molecule has 0 radical (unpaired) electrons. The van der Waals surface area contributed by atoms with E-state index in [1.807, 2.05) is 31.1 Å². The lowest BCUT2D eigenvalue weighted by Crippen LogP contribution is -2.10. The number of aromatic amines is 1. The van der Waals surface area contributed by atoms with Crippen LogP contribution in [0.2, 0.25) is 0 Å². The highest BCUT2D eigenvalue weighted by molar-refractivity contribution is 5.73. The third-order valence-electron chi connectivity index (χ3n) is 2.57. The van der Waals surface area contributed by atoms with Gasteiger partial charge >= 0.3 is 0 Å². The number of hydrogen-bond donors (Lipinski definition) is 1. The van der Waals surface area contributed by atoms with E-state index in [1.165, 1.54) is 0 Å². The van der Waals surface area contributed by atoms with Crippen molar-refractivity contribution >= 4 is 17.0 Å². The minimum atomic E-state index is -2.43. The van der Waals surface area contributed by atoms with Gasteiger partial charge in [-0.3, -0.25) is 0 Å². The summed E-state index contributed by atoms with van der Waals surface area (Å²) in [4.78, 5) is 13.7. The van der Waals surface area contributed by atoms with E-state index in [9.17, 15) is 8.78 Å². The maximum atomic E-state index is 11.9. The van der Waals surface area contributed by atoms with Crippen molar-refractivity contribution in [1.29, 1.82) is 0 Å². The van der Waals surface area contributed by atoms with Crippen LogP contribution in [0, 0.1) is 0 Å². The zero-order chi connectivity index (χ0) is 13.8. The third kappa shape index (κ3) is 3.60. The first kappa shape index (κ1) is 13.7. The molecule has 2 rings (SSSR count). The maximum absolute atomic E-state index is 11.9. The summed E-state index contributed by atoms with van der Waals surface area (Å²) in [5.41, 5.74) is 1.45. The highest BCUT2D eigenvalue weighted by Gasteiger charge is 2.07. The first-order valence-corrected chi connectivity index (χ1v) is 5.95. The SMILES string of the molecule is CN(C)c1ccc2[nH]c(CCOCC(F)F)nc2n1. The number of aromatic nitrogens is 3. The zero-order valence-corrected chi connectivity index (χ0v) is 10.9. The summed E-state index contributed by atoms with van der Waals surface area (Å²) in [6, 6.07) is 3.78. The molecule has 0 aliphatic rings. The number of hydrogen-bond acceptors (Lipinski definition) is 4. The molecule has 2 heterocycles. The third-order valence-corrected chi connectivity index (χ3v) is 2.57. The first-order chi connectivity index (χ1) is 9.06. The van der Waals surface area contributed by atoms with Crippen molar-refractivity contribution in [3.05, 3.63) is 18.0 Å². The van der Waals surface area contributed by atoms with E-state index in [0.717, 1.165) is 11.3 Å². The van der Waals surface area contributed by atoms with Gasteiger partial charge in [-0.25, -0.2) is 18.7 Å². The van der Waals surface area contributed by atoms with E-state index in [0.29, 0.717) is 17.9 Å². The van der Waals surface area contributed by atoms with Gasteiger partial charge in [0.15, 0.2) is 5.65 Å². The van der Waals surface area contributed by atoms with Crippen molar-refractivity contribution < 1.29 is 13.5 Å². The molecule has 2 aromatic heterocycles. The van der Waals surface area contributed by atoms with Gasteiger partial charge in [-0.2, -0.15) is 0 Å². The van der Waals surface area contributed by atoms with Gasteiger partial charge in [-0.05, 0) is 12.1 Å². The minimum absolute atomic E-state index is 0.213. The topological polar surface area (TPSA) is 54.0 Å². The molecule has 0 saturated heterocycles. The van der Waals surface area contributed by atoms with Gasteiger partial charge in [0, 0.05) is 20.5 Å². The van der Waals surface area contributed by atoms with E-state index in [4.69, 9.17) is 4.74 Å². The second-order valence-electron chi connectivity index (χ2n) is 4.33.